The highest BCUT2D eigenvalue weighted by molar-refractivity contribution is 5.95. The first-order valence-electron chi connectivity index (χ1n) is 6.16. The van der Waals surface area contributed by atoms with Crippen molar-refractivity contribution in [2.45, 2.75) is 44.6 Å². The van der Waals surface area contributed by atoms with E-state index in [2.05, 4.69) is 20.2 Å². The summed E-state index contributed by atoms with van der Waals surface area (Å²) < 4.78 is 1.07. The molecule has 2 fully saturated rings. The Kier molecular flexibility index (Phi) is 2.96. The number of rotatable bonds is 1. The van der Waals surface area contributed by atoms with Gasteiger partial charge in [0.05, 0.1) is 20.6 Å². The Hall–Kier alpha value is -0.630. The number of hydrogen-bond acceptors (Lipinski definition) is 1. The molecule has 2 heteroatoms. The molecule has 0 unspecified atom stereocenters. The third-order valence-corrected chi connectivity index (χ3v) is 3.98. The van der Waals surface area contributed by atoms with Crippen LogP contribution in [0.3, 0.4) is 0 Å². The molecule has 0 aromatic heterocycles. The van der Waals surface area contributed by atoms with Crippen molar-refractivity contribution in [3.05, 3.63) is 11.6 Å². The van der Waals surface area contributed by atoms with Crippen LogP contribution in [0.5, 0.6) is 0 Å². The van der Waals surface area contributed by atoms with Crippen molar-refractivity contribution < 1.29 is 9.28 Å². The zero-order valence-corrected chi connectivity index (χ0v) is 9.96. The van der Waals surface area contributed by atoms with Crippen LogP contribution in [-0.4, -0.2) is 36.9 Å². The fourth-order valence-electron chi connectivity index (χ4n) is 2.82. The van der Waals surface area contributed by atoms with E-state index in [4.69, 9.17) is 0 Å². The Balaban J connectivity index is 2.11. The van der Waals surface area contributed by atoms with Crippen LogP contribution in [0.2, 0.25) is 0 Å². The first-order valence-corrected chi connectivity index (χ1v) is 6.16. The number of allylic oxidation sites excluding steroid dienone is 1. The summed E-state index contributed by atoms with van der Waals surface area (Å²) in [6.07, 6.45) is 8.95. The fraction of sp³-hybridized carbons (Fsp3) is 0.769. The second-order valence-electron chi connectivity index (χ2n) is 5.53. The first kappa shape index (κ1) is 10.9. The van der Waals surface area contributed by atoms with E-state index in [1.807, 2.05) is 0 Å². The summed E-state index contributed by atoms with van der Waals surface area (Å²) in [5.74, 6) is 0.410. The van der Waals surface area contributed by atoms with Gasteiger partial charge in [0.25, 0.3) is 0 Å². The molecule has 1 aliphatic heterocycles. The Morgan fingerprint density at radius 1 is 1.20 bits per heavy atom. The Morgan fingerprint density at radius 3 is 2.53 bits per heavy atom. The molecular weight excluding hydrogens is 186 g/mol. The van der Waals surface area contributed by atoms with Crippen LogP contribution in [0.1, 0.15) is 38.5 Å². The number of Topliss-reactive ketones (excluding diaryl/α,β-unsaturated/α-hetero) is 1. The highest BCUT2D eigenvalue weighted by atomic mass is 16.1. The maximum absolute atomic E-state index is 11.7. The van der Waals surface area contributed by atoms with E-state index < -0.39 is 0 Å². The summed E-state index contributed by atoms with van der Waals surface area (Å²) in [7, 11) is 4.56. The quantitative estimate of drug-likeness (QED) is 0.477. The Labute approximate surface area is 92.5 Å². The molecule has 1 saturated heterocycles. The van der Waals surface area contributed by atoms with Crippen LogP contribution in [-0.2, 0) is 4.79 Å². The van der Waals surface area contributed by atoms with Crippen LogP contribution < -0.4 is 0 Å². The molecule has 1 atom stereocenters. The second kappa shape index (κ2) is 4.09. The molecule has 0 spiro atoms. The number of hydrogen-bond donors (Lipinski definition) is 0. The summed E-state index contributed by atoms with van der Waals surface area (Å²) in [4.78, 5) is 11.7. The SMILES string of the molecule is C[N+]1(C)CCC[C@H]1/C=C1\CCCCC1=O. The van der Waals surface area contributed by atoms with Crippen LogP contribution in [0, 0.1) is 0 Å². The van der Waals surface area contributed by atoms with Crippen molar-refractivity contribution in [2.24, 2.45) is 0 Å². The largest absolute Gasteiger partial charge is 0.323 e. The van der Waals surface area contributed by atoms with Gasteiger partial charge in [-0.15, -0.1) is 0 Å². The Bertz CT molecular complexity index is 291. The molecule has 0 aromatic carbocycles. The smallest absolute Gasteiger partial charge is 0.158 e. The van der Waals surface area contributed by atoms with E-state index in [0.717, 1.165) is 29.3 Å². The molecule has 0 bridgehead atoms. The van der Waals surface area contributed by atoms with Gasteiger partial charge in [0.1, 0.15) is 6.04 Å². The molecule has 0 amide bonds. The van der Waals surface area contributed by atoms with E-state index in [9.17, 15) is 4.79 Å². The van der Waals surface area contributed by atoms with Gasteiger partial charge in [-0.1, -0.05) is 0 Å². The normalized spacial score (nSPS) is 33.6. The number of quaternary nitrogens is 1. The number of likely N-dealkylation sites (tertiary alicyclic amines) is 1. The molecule has 2 nitrogen and oxygen atoms in total. The lowest BCUT2D eigenvalue weighted by atomic mass is 9.91. The minimum Gasteiger partial charge on any atom is -0.323 e. The van der Waals surface area contributed by atoms with Crippen molar-refractivity contribution in [1.82, 2.24) is 0 Å². The number of nitrogens with zero attached hydrogens (tertiary/aromatic N) is 1. The third kappa shape index (κ3) is 2.31. The van der Waals surface area contributed by atoms with E-state index in [1.54, 1.807) is 0 Å². The van der Waals surface area contributed by atoms with Gasteiger partial charge < -0.3 is 4.48 Å². The maximum Gasteiger partial charge on any atom is 0.158 e. The lowest BCUT2D eigenvalue weighted by Crippen LogP contribution is -2.43. The molecular formula is C13H22NO+. The van der Waals surface area contributed by atoms with Gasteiger partial charge in [-0.2, -0.15) is 0 Å². The molecule has 84 valence electrons. The molecule has 0 N–H and O–H groups in total. The lowest BCUT2D eigenvalue weighted by Gasteiger charge is -2.30. The summed E-state index contributed by atoms with van der Waals surface area (Å²) in [6.45, 7) is 1.25. The minimum absolute atomic E-state index is 0.410. The lowest BCUT2D eigenvalue weighted by molar-refractivity contribution is -0.895. The standard InChI is InChI=1S/C13H22NO/c1-14(2)9-5-7-12(14)10-11-6-3-4-8-13(11)15/h10,12H,3-9H2,1-2H3/q+1/b11-10+/t12-/m0/s1. The average Bonchev–Trinajstić information content (AvgIpc) is 2.50. The highest BCUT2D eigenvalue weighted by Gasteiger charge is 2.33. The number of ketones is 1. The van der Waals surface area contributed by atoms with Crippen LogP contribution in [0.15, 0.2) is 11.6 Å². The highest BCUT2D eigenvalue weighted by Crippen LogP contribution is 2.27. The second-order valence-corrected chi connectivity index (χ2v) is 5.53. The van der Waals surface area contributed by atoms with Gasteiger partial charge in [0.15, 0.2) is 5.78 Å². The predicted molar refractivity (Wildman–Crippen MR) is 61.6 cm³/mol. The van der Waals surface area contributed by atoms with Gasteiger partial charge in [0, 0.05) is 19.3 Å². The summed E-state index contributed by atoms with van der Waals surface area (Å²) >= 11 is 0. The van der Waals surface area contributed by atoms with E-state index in [0.29, 0.717) is 11.8 Å². The van der Waals surface area contributed by atoms with E-state index in [-0.39, 0.29) is 0 Å². The molecule has 1 saturated carbocycles. The van der Waals surface area contributed by atoms with Crippen LogP contribution >= 0.6 is 0 Å². The monoisotopic (exact) mass is 208 g/mol. The van der Waals surface area contributed by atoms with Crippen LogP contribution in [0.25, 0.3) is 0 Å². The van der Waals surface area contributed by atoms with Crippen molar-refractivity contribution in [3.8, 4) is 0 Å². The first-order chi connectivity index (χ1) is 7.09. The maximum atomic E-state index is 11.7. The van der Waals surface area contributed by atoms with Crippen molar-refractivity contribution >= 4 is 5.78 Å². The number of likely N-dealkylation sites (N-methyl/N-ethyl adjacent to an activating group) is 1. The van der Waals surface area contributed by atoms with E-state index >= 15 is 0 Å². The molecule has 0 aromatic rings. The summed E-state index contributed by atoms with van der Waals surface area (Å²) in [6, 6.07) is 0.585. The fourth-order valence-corrected chi connectivity index (χ4v) is 2.82. The van der Waals surface area contributed by atoms with Crippen LogP contribution in [0.4, 0.5) is 0 Å². The Morgan fingerprint density at radius 2 is 1.93 bits per heavy atom. The molecule has 2 aliphatic rings. The van der Waals surface area contributed by atoms with Crippen molar-refractivity contribution in [2.75, 3.05) is 20.6 Å². The number of carbonyl (C=O) groups excluding carboxylic acids is 1. The van der Waals surface area contributed by atoms with Gasteiger partial charge in [-0.3, -0.25) is 4.79 Å². The van der Waals surface area contributed by atoms with E-state index in [1.165, 1.54) is 25.8 Å². The molecule has 15 heavy (non-hydrogen) atoms. The summed E-state index contributed by atoms with van der Waals surface area (Å²) in [5.41, 5.74) is 1.12. The molecule has 0 radical (unpaired) electrons. The minimum atomic E-state index is 0.410. The molecule has 1 heterocycles. The zero-order valence-electron chi connectivity index (χ0n) is 9.96. The molecule has 2 rings (SSSR count). The van der Waals surface area contributed by atoms with Crippen molar-refractivity contribution in [1.29, 1.82) is 0 Å². The molecule has 1 aliphatic carbocycles. The average molecular weight is 208 g/mol. The van der Waals surface area contributed by atoms with Gasteiger partial charge in [-0.25, -0.2) is 0 Å². The predicted octanol–water partition coefficient (Wildman–Crippen LogP) is 2.29. The number of carbonyl (C=O) groups is 1. The third-order valence-electron chi connectivity index (χ3n) is 3.98. The topological polar surface area (TPSA) is 17.1 Å². The van der Waals surface area contributed by atoms with Gasteiger partial charge in [0.2, 0.25) is 0 Å². The van der Waals surface area contributed by atoms with Gasteiger partial charge >= 0.3 is 0 Å². The summed E-state index contributed by atoms with van der Waals surface area (Å²) in [5, 5.41) is 0. The van der Waals surface area contributed by atoms with Gasteiger partial charge in [-0.05, 0) is 30.9 Å². The van der Waals surface area contributed by atoms with Crippen molar-refractivity contribution in [3.63, 3.8) is 0 Å². The zero-order chi connectivity index (χ0) is 10.9.